The largest absolute Gasteiger partial charge is 0.489 e. The normalized spacial score (nSPS) is 11.3. The topological polar surface area (TPSA) is 21.3 Å². The Morgan fingerprint density at radius 2 is 2.00 bits per heavy atom. The molecule has 1 aromatic rings. The Kier molecular flexibility index (Phi) is 6.41. The molecule has 0 aliphatic heterocycles. The van der Waals surface area contributed by atoms with Crippen LogP contribution in [-0.4, -0.2) is 19.7 Å². The molecule has 0 saturated heterocycles. The van der Waals surface area contributed by atoms with Crippen molar-refractivity contribution in [1.82, 2.24) is 5.32 Å². The van der Waals surface area contributed by atoms with Gasteiger partial charge in [-0.25, -0.2) is 0 Å². The lowest BCUT2D eigenvalue weighted by Crippen LogP contribution is -2.11. The molecule has 0 aliphatic rings. The van der Waals surface area contributed by atoms with Crippen LogP contribution in [0.15, 0.2) is 36.4 Å². The van der Waals surface area contributed by atoms with E-state index in [-0.39, 0.29) is 0 Å². The van der Waals surface area contributed by atoms with Gasteiger partial charge in [0.05, 0.1) is 0 Å². The standard InChI is InChI=1S/C15H23NO/c1-4-16-11-7-8-12-17-15-10-6-5-9-14(15)13(2)3/h5-10,13,16H,4,11-12H2,1-3H3/b8-7+. The van der Waals surface area contributed by atoms with Gasteiger partial charge in [0, 0.05) is 6.54 Å². The molecule has 1 aromatic carbocycles. The van der Waals surface area contributed by atoms with Crippen LogP contribution in [0.1, 0.15) is 32.3 Å². The van der Waals surface area contributed by atoms with Crippen molar-refractivity contribution in [2.45, 2.75) is 26.7 Å². The molecule has 0 saturated carbocycles. The molecule has 0 aromatic heterocycles. The van der Waals surface area contributed by atoms with Gasteiger partial charge in [-0.2, -0.15) is 0 Å². The Morgan fingerprint density at radius 1 is 1.24 bits per heavy atom. The van der Waals surface area contributed by atoms with E-state index < -0.39 is 0 Å². The fraction of sp³-hybridized carbons (Fsp3) is 0.467. The number of rotatable bonds is 7. The molecule has 2 heteroatoms. The molecule has 0 fully saturated rings. The van der Waals surface area contributed by atoms with Crippen molar-refractivity contribution in [3.05, 3.63) is 42.0 Å². The number of para-hydroxylation sites is 1. The summed E-state index contributed by atoms with van der Waals surface area (Å²) in [5, 5.41) is 3.23. The third-order valence-electron chi connectivity index (χ3n) is 2.55. The third kappa shape index (κ3) is 5.05. The van der Waals surface area contributed by atoms with Gasteiger partial charge in [-0.3, -0.25) is 0 Å². The van der Waals surface area contributed by atoms with Gasteiger partial charge in [0.2, 0.25) is 0 Å². The average Bonchev–Trinajstić information content (AvgIpc) is 2.34. The highest BCUT2D eigenvalue weighted by atomic mass is 16.5. The molecule has 0 atom stereocenters. The molecule has 1 N–H and O–H groups in total. The summed E-state index contributed by atoms with van der Waals surface area (Å²) in [6.45, 7) is 9.01. The molecule has 17 heavy (non-hydrogen) atoms. The minimum absolute atomic E-state index is 0.497. The molecule has 0 radical (unpaired) electrons. The van der Waals surface area contributed by atoms with Gasteiger partial charge >= 0.3 is 0 Å². The van der Waals surface area contributed by atoms with E-state index >= 15 is 0 Å². The molecular weight excluding hydrogens is 210 g/mol. The van der Waals surface area contributed by atoms with Crippen molar-refractivity contribution in [1.29, 1.82) is 0 Å². The minimum atomic E-state index is 0.497. The van der Waals surface area contributed by atoms with Crippen LogP contribution in [-0.2, 0) is 0 Å². The van der Waals surface area contributed by atoms with Crippen LogP contribution < -0.4 is 10.1 Å². The Bertz CT molecular complexity index is 345. The highest BCUT2D eigenvalue weighted by molar-refractivity contribution is 5.35. The summed E-state index contributed by atoms with van der Waals surface area (Å²) in [5.74, 6) is 1.49. The quantitative estimate of drug-likeness (QED) is 0.576. The van der Waals surface area contributed by atoms with Crippen LogP contribution >= 0.6 is 0 Å². The predicted octanol–water partition coefficient (Wildman–Crippen LogP) is 3.35. The molecule has 2 nitrogen and oxygen atoms in total. The maximum absolute atomic E-state index is 5.76. The van der Waals surface area contributed by atoms with Crippen LogP contribution in [0, 0.1) is 0 Å². The zero-order chi connectivity index (χ0) is 12.5. The average molecular weight is 233 g/mol. The number of hydrogen-bond donors (Lipinski definition) is 1. The van der Waals surface area contributed by atoms with Gasteiger partial charge in [0.15, 0.2) is 0 Å². The summed E-state index contributed by atoms with van der Waals surface area (Å²) in [4.78, 5) is 0. The molecule has 0 amide bonds. The van der Waals surface area contributed by atoms with Gasteiger partial charge in [0.25, 0.3) is 0 Å². The maximum Gasteiger partial charge on any atom is 0.123 e. The first-order chi connectivity index (χ1) is 8.25. The van der Waals surface area contributed by atoms with Crippen molar-refractivity contribution in [3.63, 3.8) is 0 Å². The van der Waals surface area contributed by atoms with Gasteiger partial charge in [-0.15, -0.1) is 0 Å². The van der Waals surface area contributed by atoms with E-state index in [4.69, 9.17) is 4.74 Å². The number of ether oxygens (including phenoxy) is 1. The van der Waals surface area contributed by atoms with E-state index in [1.807, 2.05) is 12.1 Å². The monoisotopic (exact) mass is 233 g/mol. The Morgan fingerprint density at radius 3 is 2.71 bits per heavy atom. The molecule has 1 rings (SSSR count). The summed E-state index contributed by atoms with van der Waals surface area (Å²) in [6.07, 6.45) is 4.15. The lowest BCUT2D eigenvalue weighted by Gasteiger charge is -2.12. The van der Waals surface area contributed by atoms with E-state index in [0.717, 1.165) is 18.8 Å². The van der Waals surface area contributed by atoms with Gasteiger partial charge in [-0.05, 0) is 24.1 Å². The Hall–Kier alpha value is -1.28. The van der Waals surface area contributed by atoms with E-state index in [9.17, 15) is 0 Å². The van der Waals surface area contributed by atoms with Crippen molar-refractivity contribution >= 4 is 0 Å². The lowest BCUT2D eigenvalue weighted by atomic mass is 10.0. The molecule has 0 bridgehead atoms. The smallest absolute Gasteiger partial charge is 0.123 e. The van der Waals surface area contributed by atoms with E-state index in [1.165, 1.54) is 5.56 Å². The fourth-order valence-corrected chi connectivity index (χ4v) is 1.61. The second kappa shape index (κ2) is 7.91. The lowest BCUT2D eigenvalue weighted by molar-refractivity contribution is 0.357. The SMILES string of the molecule is CCNC/C=C/COc1ccccc1C(C)C. The highest BCUT2D eigenvalue weighted by Gasteiger charge is 2.05. The predicted molar refractivity (Wildman–Crippen MR) is 73.7 cm³/mol. The summed E-state index contributed by atoms with van der Waals surface area (Å²) >= 11 is 0. The first-order valence-electron chi connectivity index (χ1n) is 6.33. The molecule has 0 unspecified atom stereocenters. The molecular formula is C15H23NO. The van der Waals surface area contributed by atoms with Crippen LogP contribution in [0.5, 0.6) is 5.75 Å². The van der Waals surface area contributed by atoms with Gasteiger partial charge in [0.1, 0.15) is 12.4 Å². The number of benzene rings is 1. The second-order valence-electron chi connectivity index (χ2n) is 4.28. The number of nitrogens with one attached hydrogen (secondary N) is 1. The van der Waals surface area contributed by atoms with E-state index in [2.05, 4.69) is 50.4 Å². The van der Waals surface area contributed by atoms with Crippen molar-refractivity contribution in [2.75, 3.05) is 19.7 Å². The molecule has 94 valence electrons. The van der Waals surface area contributed by atoms with E-state index in [1.54, 1.807) is 0 Å². The third-order valence-corrected chi connectivity index (χ3v) is 2.55. The first-order valence-corrected chi connectivity index (χ1v) is 6.33. The van der Waals surface area contributed by atoms with Crippen LogP contribution in [0.4, 0.5) is 0 Å². The first kappa shape index (κ1) is 13.8. The zero-order valence-electron chi connectivity index (χ0n) is 11.1. The number of hydrogen-bond acceptors (Lipinski definition) is 2. The summed E-state index contributed by atoms with van der Waals surface area (Å²) in [6, 6.07) is 8.24. The summed E-state index contributed by atoms with van der Waals surface area (Å²) < 4.78 is 5.76. The Labute approximate surface area is 105 Å². The molecule has 0 spiro atoms. The molecule has 0 aliphatic carbocycles. The van der Waals surface area contributed by atoms with Gasteiger partial charge < -0.3 is 10.1 Å². The summed E-state index contributed by atoms with van der Waals surface area (Å²) in [7, 11) is 0. The number of likely N-dealkylation sites (N-methyl/N-ethyl adjacent to an activating group) is 1. The fourth-order valence-electron chi connectivity index (χ4n) is 1.61. The van der Waals surface area contributed by atoms with Crippen LogP contribution in [0.2, 0.25) is 0 Å². The van der Waals surface area contributed by atoms with Crippen LogP contribution in [0.3, 0.4) is 0 Å². The van der Waals surface area contributed by atoms with Gasteiger partial charge in [-0.1, -0.05) is 51.1 Å². The van der Waals surface area contributed by atoms with E-state index in [0.29, 0.717) is 12.5 Å². The van der Waals surface area contributed by atoms with Crippen molar-refractivity contribution in [2.24, 2.45) is 0 Å². The minimum Gasteiger partial charge on any atom is -0.489 e. The maximum atomic E-state index is 5.76. The second-order valence-corrected chi connectivity index (χ2v) is 4.28. The highest BCUT2D eigenvalue weighted by Crippen LogP contribution is 2.25. The van der Waals surface area contributed by atoms with Crippen molar-refractivity contribution < 1.29 is 4.74 Å². The van der Waals surface area contributed by atoms with Crippen LogP contribution in [0.25, 0.3) is 0 Å². The summed E-state index contributed by atoms with van der Waals surface area (Å²) in [5.41, 5.74) is 1.27. The zero-order valence-corrected chi connectivity index (χ0v) is 11.1. The van der Waals surface area contributed by atoms with Crippen molar-refractivity contribution in [3.8, 4) is 5.75 Å². The molecule has 0 heterocycles. The Balaban J connectivity index is 2.43.